The van der Waals surface area contributed by atoms with Crippen molar-refractivity contribution in [1.29, 1.82) is 0 Å². The minimum absolute atomic E-state index is 0.107. The second-order valence-corrected chi connectivity index (χ2v) is 15.0. The summed E-state index contributed by atoms with van der Waals surface area (Å²) in [5, 5.41) is 13.4. The van der Waals surface area contributed by atoms with E-state index in [0.717, 1.165) is 0 Å². The lowest BCUT2D eigenvalue weighted by Gasteiger charge is -2.46. The topological polar surface area (TPSA) is 125 Å². The maximum Gasteiger partial charge on any atom is 0.313 e. The zero-order valence-electron chi connectivity index (χ0n) is 27.1. The van der Waals surface area contributed by atoms with E-state index < -0.39 is 53.2 Å². The van der Waals surface area contributed by atoms with Crippen LogP contribution in [0.25, 0.3) is 0 Å². The van der Waals surface area contributed by atoms with E-state index in [1.165, 1.54) is 4.90 Å². The summed E-state index contributed by atoms with van der Waals surface area (Å²) in [6, 6.07) is -1.69. The lowest BCUT2D eigenvalue weighted by Crippen LogP contribution is -2.62. The average molecular weight is 602 g/mol. The molecule has 2 saturated heterocycles. The Morgan fingerprint density at radius 2 is 1.79 bits per heavy atom. The van der Waals surface area contributed by atoms with Crippen LogP contribution in [0.3, 0.4) is 0 Å². The molecule has 0 aromatic heterocycles. The second-order valence-electron chi connectivity index (χ2n) is 15.0. The van der Waals surface area contributed by atoms with Gasteiger partial charge in [0.15, 0.2) is 0 Å². The van der Waals surface area contributed by atoms with Crippen LogP contribution in [0.4, 0.5) is 0 Å². The molecule has 0 radical (unpaired) electrons. The van der Waals surface area contributed by atoms with Gasteiger partial charge in [0.05, 0.1) is 31.2 Å². The zero-order chi connectivity index (χ0) is 31.9. The molecule has 4 aliphatic heterocycles. The molecule has 0 aromatic carbocycles. The molecule has 0 aliphatic carbocycles. The maximum absolute atomic E-state index is 15.0. The second kappa shape index (κ2) is 12.3. The molecule has 240 valence electrons. The van der Waals surface area contributed by atoms with Gasteiger partial charge >= 0.3 is 5.97 Å². The van der Waals surface area contributed by atoms with Gasteiger partial charge in [0.1, 0.15) is 23.7 Å². The molecule has 0 aromatic rings. The first-order chi connectivity index (χ1) is 20.0. The molecule has 2 N–H and O–H groups in total. The molecule has 10 heteroatoms. The van der Waals surface area contributed by atoms with Crippen LogP contribution in [0.5, 0.6) is 0 Å². The zero-order valence-corrected chi connectivity index (χ0v) is 27.1. The number of esters is 1. The van der Waals surface area contributed by atoms with Crippen molar-refractivity contribution in [2.45, 2.75) is 117 Å². The van der Waals surface area contributed by atoms with Gasteiger partial charge in [-0.3, -0.25) is 19.2 Å². The van der Waals surface area contributed by atoms with Gasteiger partial charge in [-0.05, 0) is 51.4 Å². The molecule has 4 heterocycles. The van der Waals surface area contributed by atoms with E-state index in [1.807, 2.05) is 39.8 Å². The van der Waals surface area contributed by atoms with Crippen molar-refractivity contribution in [1.82, 2.24) is 15.1 Å². The molecule has 0 unspecified atom stereocenters. The van der Waals surface area contributed by atoms with Crippen molar-refractivity contribution in [2.24, 2.45) is 23.2 Å². The Labute approximate surface area is 256 Å². The Hall–Kier alpha value is -2.72. The van der Waals surface area contributed by atoms with Crippen molar-refractivity contribution in [3.8, 4) is 0 Å². The summed E-state index contributed by atoms with van der Waals surface area (Å²) < 4.78 is 12.3. The third-order valence-corrected chi connectivity index (χ3v) is 9.02. The number of aliphatic hydroxyl groups excluding tert-OH is 1. The largest absolute Gasteiger partial charge is 0.460 e. The predicted octanol–water partition coefficient (Wildman–Crippen LogP) is 2.99. The lowest BCUT2D eigenvalue weighted by atomic mass is 9.74. The van der Waals surface area contributed by atoms with Gasteiger partial charge in [0.2, 0.25) is 17.7 Å². The molecule has 3 amide bonds. The van der Waals surface area contributed by atoms with Crippen molar-refractivity contribution in [2.75, 3.05) is 19.7 Å². The number of hydrogen-bond donors (Lipinski definition) is 2. The monoisotopic (exact) mass is 601 g/mol. The fraction of sp³-hybridized carbons (Fsp3) is 0.758. The first-order valence-corrected chi connectivity index (χ1v) is 15.8. The molecular weight excluding hydrogens is 550 g/mol. The number of carbonyl (C=O) groups excluding carboxylic acids is 4. The number of cyclic esters (lactones) is 1. The number of hydrogen-bond acceptors (Lipinski definition) is 7. The number of amides is 3. The Morgan fingerprint density at radius 3 is 2.42 bits per heavy atom. The third-order valence-electron chi connectivity index (χ3n) is 9.02. The Kier molecular flexibility index (Phi) is 9.53. The van der Waals surface area contributed by atoms with E-state index in [9.17, 15) is 19.5 Å². The minimum atomic E-state index is -1.36. The van der Waals surface area contributed by atoms with E-state index in [0.29, 0.717) is 19.3 Å². The first-order valence-electron chi connectivity index (χ1n) is 15.8. The van der Waals surface area contributed by atoms with Crippen molar-refractivity contribution in [3.63, 3.8) is 0 Å². The quantitative estimate of drug-likeness (QED) is 0.354. The fourth-order valence-electron chi connectivity index (χ4n) is 7.72. The van der Waals surface area contributed by atoms with Crippen LogP contribution in [0.2, 0.25) is 0 Å². The Bertz CT molecular complexity index is 1160. The first kappa shape index (κ1) is 33.2. The van der Waals surface area contributed by atoms with Crippen molar-refractivity contribution in [3.05, 3.63) is 24.3 Å². The van der Waals surface area contributed by atoms with E-state index in [4.69, 9.17) is 9.47 Å². The summed E-state index contributed by atoms with van der Waals surface area (Å²) in [7, 11) is 0. The summed E-state index contributed by atoms with van der Waals surface area (Å²) in [6.45, 7) is 16.2. The average Bonchev–Trinajstić information content (AvgIpc) is 3.53. The van der Waals surface area contributed by atoms with E-state index in [1.54, 1.807) is 24.0 Å². The minimum Gasteiger partial charge on any atom is -0.460 e. The number of nitrogens with one attached hydrogen (secondary N) is 1. The van der Waals surface area contributed by atoms with E-state index >= 15 is 4.79 Å². The molecule has 5 bridgehead atoms. The molecule has 2 fully saturated rings. The molecule has 4 rings (SSSR count). The normalized spacial score (nSPS) is 33.6. The number of fused-ring (bicyclic) bond motifs is 2. The molecule has 7 atom stereocenters. The molecular formula is C33H51N3O7. The number of rotatable bonds is 6. The summed E-state index contributed by atoms with van der Waals surface area (Å²) >= 11 is 0. The van der Waals surface area contributed by atoms with Crippen LogP contribution in [0, 0.1) is 23.2 Å². The Balaban J connectivity index is 1.86. The lowest BCUT2D eigenvalue weighted by molar-refractivity contribution is -0.160. The van der Waals surface area contributed by atoms with Gasteiger partial charge in [-0.2, -0.15) is 0 Å². The number of carbonyl (C=O) groups is 4. The summed E-state index contributed by atoms with van der Waals surface area (Å²) in [6.07, 6.45) is 7.94. The van der Waals surface area contributed by atoms with E-state index in [2.05, 4.69) is 26.1 Å². The third kappa shape index (κ3) is 6.55. The fourth-order valence-corrected chi connectivity index (χ4v) is 7.72. The maximum atomic E-state index is 15.0. The standard InChI is InChI=1S/C33H51N3O7/c1-20(2)16-22(18-37)36-27-29(40)35(32(7,8)19-31(4,5)6)15-11-9-10-12-24(38)34-17-21(3)42-30(41)25-23-13-14-33(27,43-23)26(25)28(36)39/h9,11,13-14,20-23,25-27,37H,10,12,15-19H2,1-8H3,(H,34,38)/b11-9-/t21-,22-,23+,25-,26-,27+,33-/m1/s1. The highest BCUT2D eigenvalue weighted by Crippen LogP contribution is 2.56. The summed E-state index contributed by atoms with van der Waals surface area (Å²) in [5.74, 6) is -3.18. The Morgan fingerprint density at radius 1 is 1.09 bits per heavy atom. The van der Waals surface area contributed by atoms with Gasteiger partial charge in [-0.1, -0.05) is 58.9 Å². The van der Waals surface area contributed by atoms with Crippen LogP contribution in [0.1, 0.15) is 81.1 Å². The van der Waals surface area contributed by atoms with Gasteiger partial charge in [-0.15, -0.1) is 0 Å². The van der Waals surface area contributed by atoms with Crippen LogP contribution in [0.15, 0.2) is 24.3 Å². The summed E-state index contributed by atoms with van der Waals surface area (Å²) in [5.41, 5.74) is -2.09. The molecule has 1 spiro atoms. The molecule has 0 saturated carbocycles. The van der Waals surface area contributed by atoms with Gasteiger partial charge in [-0.25, -0.2) is 0 Å². The van der Waals surface area contributed by atoms with Crippen LogP contribution in [-0.2, 0) is 28.7 Å². The summed E-state index contributed by atoms with van der Waals surface area (Å²) in [4.78, 5) is 58.9. The number of likely N-dealkylation sites (tertiary alicyclic amines) is 1. The highest BCUT2D eigenvalue weighted by molar-refractivity contribution is 5.99. The highest BCUT2D eigenvalue weighted by atomic mass is 16.6. The SMILES string of the molecule is CC(C)C[C@H](CO)N1C(=O)[C@H]2[C@@H]3C(=O)O[C@H](C)CNC(=O)CC/C=C\CN(C(C)(C)CC(C)(C)C)C(=O)[C@H]1[C@@]21C=C[C@@H]3O1. The predicted molar refractivity (Wildman–Crippen MR) is 161 cm³/mol. The molecule has 43 heavy (non-hydrogen) atoms. The number of ether oxygens (including phenoxy) is 2. The number of allylic oxidation sites excluding steroid dienone is 1. The highest BCUT2D eigenvalue weighted by Gasteiger charge is 2.74. The van der Waals surface area contributed by atoms with Crippen LogP contribution >= 0.6 is 0 Å². The number of aliphatic hydroxyl groups is 1. The van der Waals surface area contributed by atoms with Gasteiger partial charge < -0.3 is 29.7 Å². The van der Waals surface area contributed by atoms with Crippen molar-refractivity contribution < 1.29 is 33.8 Å². The van der Waals surface area contributed by atoms with Gasteiger partial charge in [0.25, 0.3) is 0 Å². The van der Waals surface area contributed by atoms with E-state index in [-0.39, 0.29) is 55.2 Å². The van der Waals surface area contributed by atoms with Crippen LogP contribution in [-0.4, -0.2) is 93.7 Å². The van der Waals surface area contributed by atoms with Crippen molar-refractivity contribution >= 4 is 23.7 Å². The number of nitrogens with zero attached hydrogens (tertiary/aromatic N) is 2. The molecule has 4 aliphatic rings. The van der Waals surface area contributed by atoms with Gasteiger partial charge in [0, 0.05) is 18.5 Å². The van der Waals surface area contributed by atoms with Crippen LogP contribution < -0.4 is 5.32 Å². The smallest absolute Gasteiger partial charge is 0.313 e. The molecule has 10 nitrogen and oxygen atoms in total.